The van der Waals surface area contributed by atoms with Crippen molar-refractivity contribution in [3.05, 3.63) is 41.5 Å². The quantitative estimate of drug-likeness (QED) is 0.794. The van der Waals surface area contributed by atoms with Crippen LogP contribution in [0.15, 0.2) is 24.3 Å². The summed E-state index contributed by atoms with van der Waals surface area (Å²) in [6.45, 7) is -0.0416. The minimum atomic E-state index is -3.52. The Morgan fingerprint density at radius 3 is 2.61 bits per heavy atom. The monoisotopic (exact) mass is 271 g/mol. The Balaban J connectivity index is 1.97. The van der Waals surface area contributed by atoms with Crippen LogP contribution in [-0.2, 0) is 22.3 Å². The Kier molecular flexibility index (Phi) is 3.63. The first-order chi connectivity index (χ1) is 8.55. The van der Waals surface area contributed by atoms with Gasteiger partial charge in [-0.15, -0.1) is 10.2 Å². The van der Waals surface area contributed by atoms with Crippen LogP contribution in [0.4, 0.5) is 4.39 Å². The van der Waals surface area contributed by atoms with E-state index in [1.54, 1.807) is 0 Å². The van der Waals surface area contributed by atoms with Crippen molar-refractivity contribution >= 4 is 10.0 Å². The number of H-pyrrole nitrogens is 1. The van der Waals surface area contributed by atoms with Gasteiger partial charge < -0.3 is 0 Å². The van der Waals surface area contributed by atoms with E-state index < -0.39 is 15.8 Å². The largest absolute Gasteiger partial charge is 0.216 e. The van der Waals surface area contributed by atoms with Crippen molar-refractivity contribution in [2.24, 2.45) is 0 Å². The van der Waals surface area contributed by atoms with Crippen LogP contribution in [0, 0.1) is 5.82 Å². The van der Waals surface area contributed by atoms with E-state index in [0.29, 0.717) is 5.56 Å². The number of hydrogen-bond donors (Lipinski definition) is 2. The van der Waals surface area contributed by atoms with Gasteiger partial charge in [0.05, 0.1) is 12.3 Å². The van der Waals surface area contributed by atoms with Gasteiger partial charge in [0.2, 0.25) is 10.0 Å². The SMILES string of the molecule is O=S(=O)(Cc1ccc(F)cc1)NCc1nn[nH]n1. The Morgan fingerprint density at radius 2 is 2.00 bits per heavy atom. The van der Waals surface area contributed by atoms with Crippen molar-refractivity contribution < 1.29 is 12.8 Å². The Bertz CT molecular complexity index is 596. The van der Waals surface area contributed by atoms with Crippen molar-refractivity contribution in [1.82, 2.24) is 25.3 Å². The number of nitrogens with one attached hydrogen (secondary N) is 2. The van der Waals surface area contributed by atoms with E-state index in [-0.39, 0.29) is 18.1 Å². The van der Waals surface area contributed by atoms with Crippen LogP contribution in [0.25, 0.3) is 0 Å². The number of tetrazole rings is 1. The number of sulfonamides is 1. The van der Waals surface area contributed by atoms with Crippen LogP contribution in [-0.4, -0.2) is 29.0 Å². The van der Waals surface area contributed by atoms with E-state index >= 15 is 0 Å². The minimum absolute atomic E-state index is 0.0416. The van der Waals surface area contributed by atoms with E-state index in [4.69, 9.17) is 0 Å². The van der Waals surface area contributed by atoms with Crippen molar-refractivity contribution in [3.63, 3.8) is 0 Å². The standard InChI is InChI=1S/C9H10FN5O2S/c10-8-3-1-7(2-4-8)6-18(16,17)11-5-9-12-14-15-13-9/h1-4,11H,5-6H2,(H,12,13,14,15). The second-order valence-corrected chi connectivity index (χ2v) is 5.34. The molecule has 0 aliphatic carbocycles. The third kappa shape index (κ3) is 3.57. The molecule has 18 heavy (non-hydrogen) atoms. The maximum absolute atomic E-state index is 12.7. The molecule has 2 aromatic rings. The van der Waals surface area contributed by atoms with Crippen molar-refractivity contribution in [2.45, 2.75) is 12.3 Å². The van der Waals surface area contributed by atoms with E-state index in [9.17, 15) is 12.8 Å². The number of hydrogen-bond acceptors (Lipinski definition) is 5. The zero-order valence-corrected chi connectivity index (χ0v) is 9.98. The molecule has 2 N–H and O–H groups in total. The molecule has 0 spiro atoms. The maximum Gasteiger partial charge on any atom is 0.216 e. The lowest BCUT2D eigenvalue weighted by molar-refractivity contribution is 0.578. The summed E-state index contributed by atoms with van der Waals surface area (Å²) in [6, 6.07) is 5.26. The van der Waals surface area contributed by atoms with Gasteiger partial charge in [0.1, 0.15) is 5.82 Å². The molecule has 0 aliphatic heterocycles. The zero-order valence-electron chi connectivity index (χ0n) is 9.17. The van der Waals surface area contributed by atoms with Gasteiger partial charge in [-0.2, -0.15) is 5.21 Å². The number of rotatable bonds is 5. The van der Waals surface area contributed by atoms with Gasteiger partial charge in [-0.25, -0.2) is 17.5 Å². The maximum atomic E-state index is 12.7. The lowest BCUT2D eigenvalue weighted by atomic mass is 10.2. The average Bonchev–Trinajstić information content (AvgIpc) is 2.83. The normalized spacial score (nSPS) is 11.6. The lowest BCUT2D eigenvalue weighted by Gasteiger charge is -2.04. The Labute approximate surface area is 102 Å². The summed E-state index contributed by atoms with van der Waals surface area (Å²) >= 11 is 0. The fraction of sp³-hybridized carbons (Fsp3) is 0.222. The Morgan fingerprint density at radius 1 is 1.28 bits per heavy atom. The molecule has 0 atom stereocenters. The van der Waals surface area contributed by atoms with Crippen molar-refractivity contribution in [3.8, 4) is 0 Å². The van der Waals surface area contributed by atoms with E-state index in [0.717, 1.165) is 0 Å². The first kappa shape index (κ1) is 12.6. The van der Waals surface area contributed by atoms with Gasteiger partial charge in [-0.3, -0.25) is 0 Å². The van der Waals surface area contributed by atoms with Crippen molar-refractivity contribution in [1.29, 1.82) is 0 Å². The predicted molar refractivity (Wildman–Crippen MR) is 60.0 cm³/mol. The van der Waals surface area contributed by atoms with Crippen LogP contribution in [0.2, 0.25) is 0 Å². The summed E-state index contributed by atoms with van der Waals surface area (Å²) in [5.74, 6) is -0.390. The van der Waals surface area contributed by atoms with Gasteiger partial charge in [-0.1, -0.05) is 17.3 Å². The van der Waals surface area contributed by atoms with Gasteiger partial charge >= 0.3 is 0 Å². The van der Waals surface area contributed by atoms with Crippen LogP contribution >= 0.6 is 0 Å². The smallest absolute Gasteiger partial charge is 0.212 e. The molecular weight excluding hydrogens is 261 g/mol. The van der Waals surface area contributed by atoms with Crippen LogP contribution in [0.5, 0.6) is 0 Å². The van der Waals surface area contributed by atoms with Gasteiger partial charge in [0.15, 0.2) is 5.82 Å². The fourth-order valence-electron chi connectivity index (χ4n) is 1.28. The van der Waals surface area contributed by atoms with E-state index in [1.165, 1.54) is 24.3 Å². The molecule has 0 unspecified atom stereocenters. The van der Waals surface area contributed by atoms with Crippen LogP contribution in [0.1, 0.15) is 11.4 Å². The summed E-state index contributed by atoms with van der Waals surface area (Å²) < 4.78 is 38.4. The molecule has 9 heteroatoms. The molecule has 0 saturated heterocycles. The molecule has 1 aromatic carbocycles. The van der Waals surface area contributed by atoms with E-state index in [2.05, 4.69) is 25.3 Å². The summed E-state index contributed by atoms with van der Waals surface area (Å²) in [5, 5.41) is 12.7. The molecular formula is C9H10FN5O2S. The molecule has 2 rings (SSSR count). The molecule has 7 nitrogen and oxygen atoms in total. The van der Waals surface area contributed by atoms with Gasteiger partial charge in [0, 0.05) is 0 Å². The fourth-order valence-corrected chi connectivity index (χ4v) is 2.37. The highest BCUT2D eigenvalue weighted by Gasteiger charge is 2.12. The summed E-state index contributed by atoms with van der Waals surface area (Å²) in [7, 11) is -3.52. The number of aromatic nitrogens is 4. The number of benzene rings is 1. The first-order valence-corrected chi connectivity index (χ1v) is 6.64. The lowest BCUT2D eigenvalue weighted by Crippen LogP contribution is -2.25. The zero-order chi connectivity index (χ0) is 13.0. The average molecular weight is 271 g/mol. The summed E-state index contributed by atoms with van der Waals surface area (Å²) in [5.41, 5.74) is 0.497. The number of nitrogens with zero attached hydrogens (tertiary/aromatic N) is 3. The van der Waals surface area contributed by atoms with Crippen LogP contribution < -0.4 is 4.72 Å². The summed E-state index contributed by atoms with van der Waals surface area (Å²) in [4.78, 5) is 0. The molecule has 0 aliphatic rings. The highest BCUT2D eigenvalue weighted by atomic mass is 32.2. The first-order valence-electron chi connectivity index (χ1n) is 4.99. The third-order valence-electron chi connectivity index (χ3n) is 2.11. The third-order valence-corrected chi connectivity index (χ3v) is 3.41. The highest BCUT2D eigenvalue weighted by Crippen LogP contribution is 2.06. The molecule has 0 radical (unpaired) electrons. The molecule has 1 heterocycles. The number of aromatic amines is 1. The second-order valence-electron chi connectivity index (χ2n) is 3.53. The van der Waals surface area contributed by atoms with Gasteiger partial charge in [-0.05, 0) is 17.7 Å². The summed E-state index contributed by atoms with van der Waals surface area (Å²) in [6.07, 6.45) is 0. The van der Waals surface area contributed by atoms with Crippen LogP contribution in [0.3, 0.4) is 0 Å². The van der Waals surface area contributed by atoms with Gasteiger partial charge in [0.25, 0.3) is 0 Å². The topological polar surface area (TPSA) is 101 Å². The molecule has 0 saturated carbocycles. The molecule has 0 fully saturated rings. The molecule has 96 valence electrons. The predicted octanol–water partition coefficient (Wildman–Crippen LogP) is -0.0416. The molecule has 0 bridgehead atoms. The molecule has 0 amide bonds. The minimum Gasteiger partial charge on any atom is -0.212 e. The van der Waals surface area contributed by atoms with Crippen molar-refractivity contribution in [2.75, 3.05) is 0 Å². The highest BCUT2D eigenvalue weighted by molar-refractivity contribution is 7.88. The number of halogens is 1. The van der Waals surface area contributed by atoms with E-state index in [1.807, 2.05) is 0 Å². The second kappa shape index (κ2) is 5.19. The Hall–Kier alpha value is -1.87. The molecule has 1 aromatic heterocycles.